The highest BCUT2D eigenvalue weighted by Gasteiger charge is 2.50. The molecule has 5 saturated heterocycles. The van der Waals surface area contributed by atoms with Crippen LogP contribution in [0.3, 0.4) is 0 Å². The maximum Gasteiger partial charge on any atom is 0.272 e. The van der Waals surface area contributed by atoms with Gasteiger partial charge in [-0.15, -0.1) is 0 Å². The van der Waals surface area contributed by atoms with E-state index in [0.29, 0.717) is 56.5 Å². The van der Waals surface area contributed by atoms with Gasteiger partial charge in [0.25, 0.3) is 11.5 Å². The van der Waals surface area contributed by atoms with Gasteiger partial charge in [0.05, 0.1) is 50.6 Å². The molecule has 1 aliphatic carbocycles. The lowest BCUT2D eigenvalue weighted by molar-refractivity contribution is -0.144. The van der Waals surface area contributed by atoms with Crippen molar-refractivity contribution in [1.82, 2.24) is 70.3 Å². The minimum absolute atomic E-state index is 0.0122. The van der Waals surface area contributed by atoms with Crippen molar-refractivity contribution in [1.29, 1.82) is 0 Å². The van der Waals surface area contributed by atoms with Gasteiger partial charge in [-0.05, 0) is 144 Å². The molecule has 8 amide bonds. The highest BCUT2D eigenvalue weighted by atomic mass is 32.2. The molecule has 1 saturated carbocycles. The number of amides is 8. The Labute approximate surface area is 661 Å². The number of carbonyl (C=O) groups is 8. The van der Waals surface area contributed by atoms with Crippen LogP contribution in [-0.2, 0) is 60.0 Å². The van der Waals surface area contributed by atoms with Crippen LogP contribution < -0.4 is 37.5 Å². The van der Waals surface area contributed by atoms with Gasteiger partial charge in [-0.2, -0.15) is 13.7 Å². The molecule has 7 N–H and O–H groups in total. The second-order valence-electron chi connectivity index (χ2n) is 29.9. The molecule has 14 rings (SSSR count). The van der Waals surface area contributed by atoms with Crippen LogP contribution in [0.25, 0.3) is 10.8 Å². The zero-order valence-corrected chi connectivity index (χ0v) is 65.5. The van der Waals surface area contributed by atoms with Crippen molar-refractivity contribution in [2.24, 2.45) is 5.92 Å². The van der Waals surface area contributed by atoms with Gasteiger partial charge in [-0.25, -0.2) is 26.3 Å². The fourth-order valence-electron chi connectivity index (χ4n) is 15.8. The summed E-state index contributed by atoms with van der Waals surface area (Å²) < 4.78 is 76.7. The molecule has 8 unspecified atom stereocenters. The first-order chi connectivity index (χ1) is 54.9. The number of piperazine rings is 1. The van der Waals surface area contributed by atoms with Gasteiger partial charge in [0, 0.05) is 82.2 Å². The molecular weight excluding hydrogens is 1500 g/mol. The summed E-state index contributed by atoms with van der Waals surface area (Å²) in [6, 6.07) is 45.6. The van der Waals surface area contributed by atoms with Crippen LogP contribution in [0.15, 0.2) is 203 Å². The molecule has 0 bridgehead atoms. The van der Waals surface area contributed by atoms with E-state index < -0.39 is 145 Å². The Kier molecular flexibility index (Phi) is 25.4. The smallest absolute Gasteiger partial charge is 0.272 e. The second-order valence-corrected chi connectivity index (χ2v) is 33.7. The Balaban J connectivity index is 0.000000293. The first-order valence-corrected chi connectivity index (χ1v) is 41.6. The number of rotatable bonds is 22. The topological polar surface area (TPSA) is 342 Å². The highest BCUT2D eigenvalue weighted by molar-refractivity contribution is 7.90. The van der Waals surface area contributed by atoms with E-state index in [1.807, 2.05) is 133 Å². The molecule has 30 heteroatoms. The third-order valence-corrected chi connectivity index (χ3v) is 26.3. The Morgan fingerprint density at radius 2 is 0.912 bits per heavy atom. The number of hydrogen-bond acceptors (Lipinski definition) is 16. The lowest BCUT2D eigenvalue weighted by Gasteiger charge is -2.39. The molecule has 8 atom stereocenters. The Morgan fingerprint density at radius 3 is 1.34 bits per heavy atom. The first kappa shape index (κ1) is 81.1. The average molecular weight is 1590 g/mol. The van der Waals surface area contributed by atoms with E-state index in [1.165, 1.54) is 34.1 Å². The van der Waals surface area contributed by atoms with Crippen molar-refractivity contribution >= 4 is 78.1 Å². The van der Waals surface area contributed by atoms with E-state index >= 15 is 16.8 Å². The molecule has 598 valence electrons. The SMILES string of the molecule is CNC(C)C(=O)NC1CN(S(=O)(=O)c2cccc(S(=O)(=O)N3CCC4CCC(C(=O)NC(c5ccccc5)c5ccccc5)N4C(=O)C(NC(=O)C(C)NC)C3)c2)CCC2CCC(C(=O)NC(c3ccccc3)c3ccccc3)N2C1=O.O=C(c1cc(Cc2n[nH]c(=O)c3ccccc23)ccc1F)N1CCN(C(=O)C2CC2)CC1. The van der Waals surface area contributed by atoms with Crippen LogP contribution in [0.5, 0.6) is 0 Å². The monoisotopic (exact) mass is 1590 g/mol. The molecule has 8 aromatic rings. The number of nitrogens with one attached hydrogen (secondary N) is 7. The Hall–Kier alpha value is -10.9. The van der Waals surface area contributed by atoms with Crippen LogP contribution in [-0.4, -0.2) is 217 Å². The molecule has 6 heterocycles. The fourth-order valence-corrected chi connectivity index (χ4v) is 18.9. The van der Waals surface area contributed by atoms with E-state index in [0.717, 1.165) is 60.7 Å². The van der Waals surface area contributed by atoms with E-state index in [9.17, 15) is 47.5 Å². The third kappa shape index (κ3) is 18.0. The van der Waals surface area contributed by atoms with Gasteiger partial charge >= 0.3 is 0 Å². The molecule has 27 nitrogen and oxygen atoms in total. The average Bonchev–Trinajstić information content (AvgIpc) is 1.36. The predicted octanol–water partition coefficient (Wildman–Crippen LogP) is 5.54. The number of H-pyrrole nitrogens is 1. The molecule has 114 heavy (non-hydrogen) atoms. The molecule has 0 radical (unpaired) electrons. The number of fused-ring (bicyclic) bond motifs is 3. The van der Waals surface area contributed by atoms with Crippen molar-refractivity contribution in [3.63, 3.8) is 0 Å². The highest BCUT2D eigenvalue weighted by Crippen LogP contribution is 2.37. The first-order valence-electron chi connectivity index (χ1n) is 38.8. The van der Waals surface area contributed by atoms with E-state index in [2.05, 4.69) is 42.1 Å². The summed E-state index contributed by atoms with van der Waals surface area (Å²) >= 11 is 0. The zero-order chi connectivity index (χ0) is 80.5. The van der Waals surface area contributed by atoms with E-state index in [4.69, 9.17) is 0 Å². The number of benzene rings is 7. The number of nitrogens with zero attached hydrogens (tertiary/aromatic N) is 7. The summed E-state index contributed by atoms with van der Waals surface area (Å²) in [6.45, 7) is 3.55. The summed E-state index contributed by atoms with van der Waals surface area (Å²) in [5.41, 5.74) is 4.45. The lowest BCUT2D eigenvalue weighted by Crippen LogP contribution is -2.62. The summed E-state index contributed by atoms with van der Waals surface area (Å²) in [5.74, 6) is -3.87. The van der Waals surface area contributed by atoms with Crippen molar-refractivity contribution < 1.29 is 59.6 Å². The molecule has 0 spiro atoms. The Morgan fingerprint density at radius 1 is 0.491 bits per heavy atom. The van der Waals surface area contributed by atoms with Crippen LogP contribution in [0.4, 0.5) is 4.39 Å². The maximum atomic E-state index is 15.0. The second kappa shape index (κ2) is 35.7. The maximum absolute atomic E-state index is 15.0. The summed E-state index contributed by atoms with van der Waals surface area (Å²) in [5, 5.41) is 25.5. The standard InChI is InChI=1S/C60H72N10O10S2.C24H23FN4O3/c1-39(61-3)55(71)63-49-37-67(34-32-45-28-30-51(69(45)59(49)75)57(73)65-53(41-18-9-5-10-19-41)42-20-11-6-12-21-42)81(77,78)47-26-17-27-48(36-47)82(79,80)68-35-33-46-29-31-52(70(46)60(76)50(38-68)64-56(72)40(2)62-4)58(74)66-54(43-22-13-7-14-23-43)44-24-15-8-16-25-44;25-20-8-5-15(14-21-17-3-1-2-4-18(17)22(30)27-26-21)13-19(20)24(32)29-11-9-28(10-12-29)23(31)16-6-7-16/h5-27,36,39-40,45-46,49-54,61-62H,28-35,37-38H2,1-4H3,(H,63,71)(H,64,72)(H,65,73)(H,66,74);1-5,8,13,16H,6-7,9-12,14H2,(H,27,30). The Bertz CT molecular complexity index is 4870. The van der Waals surface area contributed by atoms with Gasteiger partial charge in [0.2, 0.25) is 61.4 Å². The minimum atomic E-state index is -4.63. The van der Waals surface area contributed by atoms with Gasteiger partial charge in [-0.3, -0.25) is 43.2 Å². The number of sulfonamides is 2. The summed E-state index contributed by atoms with van der Waals surface area (Å²) in [4.78, 5) is 129. The number of carbonyl (C=O) groups excluding carboxylic acids is 8. The van der Waals surface area contributed by atoms with Crippen LogP contribution >= 0.6 is 0 Å². The minimum Gasteiger partial charge on any atom is -0.343 e. The van der Waals surface area contributed by atoms with Crippen molar-refractivity contribution in [3.05, 3.63) is 243 Å². The quantitative estimate of drug-likeness (QED) is 0.0438. The predicted molar refractivity (Wildman–Crippen MR) is 424 cm³/mol. The number of aromatic amines is 1. The fraction of sp³-hybridized carbons (Fsp3) is 0.381. The van der Waals surface area contributed by atoms with Gasteiger partial charge in [0.15, 0.2) is 0 Å². The molecule has 6 fully saturated rings. The molecule has 6 aliphatic rings. The van der Waals surface area contributed by atoms with Crippen molar-refractivity contribution in [3.8, 4) is 0 Å². The number of halogens is 1. The lowest BCUT2D eigenvalue weighted by atomic mass is 9.98. The summed E-state index contributed by atoms with van der Waals surface area (Å²) in [7, 11) is -6.13. The van der Waals surface area contributed by atoms with Crippen molar-refractivity contribution in [2.75, 3.05) is 66.5 Å². The molecule has 1 aromatic heterocycles. The molecule has 7 aromatic carbocycles. The van der Waals surface area contributed by atoms with Crippen molar-refractivity contribution in [2.45, 2.75) is 142 Å². The van der Waals surface area contributed by atoms with E-state index in [1.54, 1.807) is 62.0 Å². The number of likely N-dealkylation sites (N-methyl/N-ethyl adjacent to an activating group) is 2. The largest absolute Gasteiger partial charge is 0.343 e. The summed E-state index contributed by atoms with van der Waals surface area (Å²) in [6.07, 6.45) is 3.80. The van der Waals surface area contributed by atoms with Crippen LogP contribution in [0.2, 0.25) is 0 Å². The normalized spacial score (nSPS) is 20.9. The van der Waals surface area contributed by atoms with Gasteiger partial charge in [0.1, 0.15) is 30.0 Å². The zero-order valence-electron chi connectivity index (χ0n) is 63.9. The van der Waals surface area contributed by atoms with Gasteiger partial charge < -0.3 is 51.5 Å². The number of aromatic nitrogens is 2. The van der Waals surface area contributed by atoms with Crippen LogP contribution in [0.1, 0.15) is 121 Å². The number of hydrogen-bond donors (Lipinski definition) is 7. The molecular formula is C84H95FN14O13S2. The van der Waals surface area contributed by atoms with Gasteiger partial charge in [-0.1, -0.05) is 152 Å². The van der Waals surface area contributed by atoms with E-state index in [-0.39, 0.29) is 67.6 Å². The third-order valence-electron chi connectivity index (χ3n) is 22.6. The molecule has 5 aliphatic heterocycles. The van der Waals surface area contributed by atoms with Crippen LogP contribution in [0, 0.1) is 11.7 Å².